The highest BCUT2D eigenvalue weighted by Gasteiger charge is 2.11. The molecule has 0 bridgehead atoms. The van der Waals surface area contributed by atoms with Crippen LogP contribution in [0.2, 0.25) is 0 Å². The van der Waals surface area contributed by atoms with Gasteiger partial charge in [0.15, 0.2) is 4.67 Å². The summed E-state index contributed by atoms with van der Waals surface area (Å²) in [5.74, 6) is -0.00873. The summed E-state index contributed by atoms with van der Waals surface area (Å²) in [5.41, 5.74) is 2.16. The molecular weight excluding hydrogens is 322 g/mol. The predicted octanol–water partition coefficient (Wildman–Crippen LogP) is 3.83. The lowest BCUT2D eigenvalue weighted by Gasteiger charge is -2.23. The average molecular weight is 338 g/mol. The van der Waals surface area contributed by atoms with Gasteiger partial charge in [-0.05, 0) is 47.1 Å². The molecule has 0 saturated heterocycles. The van der Waals surface area contributed by atoms with Gasteiger partial charge >= 0.3 is 5.97 Å². The van der Waals surface area contributed by atoms with E-state index in [0.717, 1.165) is 11.4 Å². The quantitative estimate of drug-likeness (QED) is 0.870. The number of carboxylic acids is 1. The molecule has 20 heavy (non-hydrogen) atoms. The van der Waals surface area contributed by atoms with E-state index in [1.807, 2.05) is 48.2 Å². The summed E-state index contributed by atoms with van der Waals surface area (Å²) >= 11 is 3.27. The lowest BCUT2D eigenvalue weighted by atomic mass is 10.2. The largest absolute Gasteiger partial charge is 0.481 e. The van der Waals surface area contributed by atoms with Crippen molar-refractivity contribution in [3.63, 3.8) is 0 Å². The van der Waals surface area contributed by atoms with Gasteiger partial charge in [0.05, 0.1) is 13.0 Å². The van der Waals surface area contributed by atoms with Crippen LogP contribution >= 0.6 is 15.9 Å². The SMILES string of the molecule is Cc1ccc(N(CCC(=O)O)Cc2ccc(Br)o2)cc1. The zero-order valence-corrected chi connectivity index (χ0v) is 12.8. The molecule has 4 nitrogen and oxygen atoms in total. The van der Waals surface area contributed by atoms with Crippen molar-refractivity contribution >= 4 is 27.6 Å². The van der Waals surface area contributed by atoms with Gasteiger partial charge in [-0.15, -0.1) is 0 Å². The first-order valence-electron chi connectivity index (χ1n) is 6.32. The van der Waals surface area contributed by atoms with E-state index in [0.29, 0.717) is 17.8 Å². The van der Waals surface area contributed by atoms with Crippen LogP contribution < -0.4 is 4.90 Å². The van der Waals surface area contributed by atoms with Gasteiger partial charge in [-0.2, -0.15) is 0 Å². The fourth-order valence-electron chi connectivity index (χ4n) is 1.91. The second-order valence-electron chi connectivity index (χ2n) is 4.61. The number of anilines is 1. The molecule has 1 N–H and O–H groups in total. The number of halogens is 1. The van der Waals surface area contributed by atoms with Crippen LogP contribution in [0.25, 0.3) is 0 Å². The van der Waals surface area contributed by atoms with Crippen LogP contribution in [0.1, 0.15) is 17.7 Å². The minimum atomic E-state index is -0.803. The Kier molecular flexibility index (Phi) is 4.84. The van der Waals surface area contributed by atoms with Gasteiger partial charge in [0.2, 0.25) is 0 Å². The summed E-state index contributed by atoms with van der Waals surface area (Å²) in [4.78, 5) is 12.8. The molecule has 106 valence electrons. The molecule has 1 aromatic heterocycles. The molecule has 0 aliphatic rings. The van der Waals surface area contributed by atoms with E-state index in [-0.39, 0.29) is 6.42 Å². The number of aliphatic carboxylic acids is 1. The standard InChI is InChI=1S/C15H16BrNO3/c1-11-2-4-12(5-3-11)17(9-8-15(18)19)10-13-6-7-14(16)20-13/h2-7H,8-10H2,1H3,(H,18,19). The van der Waals surface area contributed by atoms with Crippen LogP contribution in [0.4, 0.5) is 5.69 Å². The van der Waals surface area contributed by atoms with Crippen LogP contribution in [0.3, 0.4) is 0 Å². The zero-order valence-electron chi connectivity index (χ0n) is 11.2. The Hall–Kier alpha value is -1.75. The number of furan rings is 1. The topological polar surface area (TPSA) is 53.7 Å². The number of hydrogen-bond acceptors (Lipinski definition) is 3. The van der Waals surface area contributed by atoms with Crippen LogP contribution in [0.5, 0.6) is 0 Å². The summed E-state index contributed by atoms with van der Waals surface area (Å²) in [6, 6.07) is 11.7. The maximum absolute atomic E-state index is 10.8. The van der Waals surface area contributed by atoms with E-state index in [2.05, 4.69) is 15.9 Å². The summed E-state index contributed by atoms with van der Waals surface area (Å²) in [6.07, 6.45) is 0.0930. The maximum Gasteiger partial charge on any atom is 0.305 e. The Morgan fingerprint density at radius 3 is 2.50 bits per heavy atom. The molecule has 0 fully saturated rings. The number of nitrogens with zero attached hydrogens (tertiary/aromatic N) is 1. The highest BCUT2D eigenvalue weighted by molar-refractivity contribution is 9.10. The second kappa shape index (κ2) is 6.61. The third-order valence-electron chi connectivity index (χ3n) is 2.97. The number of hydrogen-bond donors (Lipinski definition) is 1. The van der Waals surface area contributed by atoms with Crippen molar-refractivity contribution in [2.75, 3.05) is 11.4 Å². The van der Waals surface area contributed by atoms with Crippen molar-refractivity contribution in [1.29, 1.82) is 0 Å². The number of benzene rings is 1. The van der Waals surface area contributed by atoms with Gasteiger partial charge in [-0.3, -0.25) is 4.79 Å². The molecule has 0 spiro atoms. The van der Waals surface area contributed by atoms with E-state index in [9.17, 15) is 4.79 Å². The minimum Gasteiger partial charge on any atom is -0.481 e. The Morgan fingerprint density at radius 1 is 1.25 bits per heavy atom. The predicted molar refractivity (Wildman–Crippen MR) is 80.9 cm³/mol. The first kappa shape index (κ1) is 14.7. The Bertz CT molecular complexity index is 577. The number of rotatable bonds is 6. The fraction of sp³-hybridized carbons (Fsp3) is 0.267. The van der Waals surface area contributed by atoms with Crippen LogP contribution in [-0.4, -0.2) is 17.6 Å². The van der Waals surface area contributed by atoms with Crippen molar-refractivity contribution in [3.05, 3.63) is 52.4 Å². The summed E-state index contributed by atoms with van der Waals surface area (Å²) < 4.78 is 6.17. The first-order valence-corrected chi connectivity index (χ1v) is 7.11. The Balaban J connectivity index is 2.15. The summed E-state index contributed by atoms with van der Waals surface area (Å²) in [5, 5.41) is 8.87. The first-order chi connectivity index (χ1) is 9.54. The lowest BCUT2D eigenvalue weighted by Crippen LogP contribution is -2.25. The molecule has 1 aromatic carbocycles. The Morgan fingerprint density at radius 2 is 1.95 bits per heavy atom. The van der Waals surface area contributed by atoms with Gasteiger partial charge in [0, 0.05) is 12.2 Å². The number of carbonyl (C=O) groups is 1. The highest BCUT2D eigenvalue weighted by atomic mass is 79.9. The number of carboxylic acid groups (broad SMARTS) is 1. The van der Waals surface area contributed by atoms with Gasteiger partial charge in [-0.25, -0.2) is 0 Å². The van der Waals surface area contributed by atoms with Crippen molar-refractivity contribution in [2.45, 2.75) is 19.9 Å². The Labute approximate surface area is 126 Å². The van der Waals surface area contributed by atoms with E-state index in [4.69, 9.17) is 9.52 Å². The third-order valence-corrected chi connectivity index (χ3v) is 3.40. The van der Waals surface area contributed by atoms with Crippen LogP contribution in [0.15, 0.2) is 45.5 Å². The molecule has 1 heterocycles. The lowest BCUT2D eigenvalue weighted by molar-refractivity contribution is -0.136. The van der Waals surface area contributed by atoms with E-state index in [1.54, 1.807) is 0 Å². The molecule has 0 atom stereocenters. The van der Waals surface area contributed by atoms with Crippen LogP contribution in [-0.2, 0) is 11.3 Å². The van der Waals surface area contributed by atoms with Crippen molar-refractivity contribution < 1.29 is 14.3 Å². The molecule has 5 heteroatoms. The number of aryl methyl sites for hydroxylation is 1. The van der Waals surface area contributed by atoms with E-state index < -0.39 is 5.97 Å². The van der Waals surface area contributed by atoms with Crippen molar-refractivity contribution in [3.8, 4) is 0 Å². The highest BCUT2D eigenvalue weighted by Crippen LogP contribution is 2.21. The van der Waals surface area contributed by atoms with Crippen LogP contribution in [0, 0.1) is 6.92 Å². The fourth-order valence-corrected chi connectivity index (χ4v) is 2.25. The average Bonchev–Trinajstić information content (AvgIpc) is 2.81. The molecule has 0 saturated carbocycles. The molecule has 2 rings (SSSR count). The molecular formula is C15H16BrNO3. The van der Waals surface area contributed by atoms with Gasteiger partial charge in [0.25, 0.3) is 0 Å². The maximum atomic E-state index is 10.8. The third kappa shape index (κ3) is 4.13. The summed E-state index contributed by atoms with van der Waals surface area (Å²) in [6.45, 7) is 3.01. The molecule has 0 unspecified atom stereocenters. The minimum absolute atomic E-state index is 0.0930. The smallest absolute Gasteiger partial charge is 0.305 e. The normalized spacial score (nSPS) is 10.5. The molecule has 0 radical (unpaired) electrons. The molecule has 0 aliphatic carbocycles. The second-order valence-corrected chi connectivity index (χ2v) is 5.39. The van der Waals surface area contributed by atoms with Gasteiger partial charge in [-0.1, -0.05) is 17.7 Å². The van der Waals surface area contributed by atoms with Crippen molar-refractivity contribution in [2.24, 2.45) is 0 Å². The molecule has 2 aromatic rings. The summed E-state index contributed by atoms with van der Waals surface area (Å²) in [7, 11) is 0. The van der Waals surface area contributed by atoms with Gasteiger partial charge < -0.3 is 14.4 Å². The van der Waals surface area contributed by atoms with E-state index in [1.165, 1.54) is 5.56 Å². The molecule has 0 aliphatic heterocycles. The van der Waals surface area contributed by atoms with E-state index >= 15 is 0 Å². The van der Waals surface area contributed by atoms with Crippen molar-refractivity contribution in [1.82, 2.24) is 0 Å². The monoisotopic (exact) mass is 337 g/mol. The van der Waals surface area contributed by atoms with Gasteiger partial charge in [0.1, 0.15) is 5.76 Å². The zero-order chi connectivity index (χ0) is 14.5. The molecule has 0 amide bonds.